The molecular formula is C66H70N4O. The van der Waals surface area contributed by atoms with E-state index in [1.165, 1.54) is 67.0 Å². The van der Waals surface area contributed by atoms with Crippen molar-refractivity contribution in [3.63, 3.8) is 0 Å². The molecule has 3 heterocycles. The van der Waals surface area contributed by atoms with Gasteiger partial charge in [-0.2, -0.15) is 0 Å². The lowest BCUT2D eigenvalue weighted by molar-refractivity contribution is 0.483. The quantitative estimate of drug-likeness (QED) is 0.144. The number of rotatable bonds is 9. The van der Waals surface area contributed by atoms with E-state index in [1.807, 2.05) is 6.20 Å². The predicted octanol–water partition coefficient (Wildman–Crippen LogP) is 18.7. The van der Waals surface area contributed by atoms with Gasteiger partial charge < -0.3 is 14.5 Å². The van der Waals surface area contributed by atoms with Crippen LogP contribution in [-0.4, -0.2) is 16.2 Å². The minimum Gasteiger partial charge on any atom is -0.457 e. The Morgan fingerprint density at radius 3 is 1.76 bits per heavy atom. The van der Waals surface area contributed by atoms with Gasteiger partial charge in [-0.3, -0.25) is 4.57 Å². The van der Waals surface area contributed by atoms with Crippen molar-refractivity contribution in [2.45, 2.75) is 118 Å². The highest BCUT2D eigenvalue weighted by molar-refractivity contribution is 6.09. The Balaban J connectivity index is 1.16. The molecule has 0 bridgehead atoms. The molecule has 2 aromatic heterocycles. The number of nitrogens with zero attached hydrogens (tertiary/aromatic N) is 4. The maximum absolute atomic E-state index is 7.22. The fourth-order valence-corrected chi connectivity index (χ4v) is 10.4. The summed E-state index contributed by atoms with van der Waals surface area (Å²) in [5.41, 5.74) is 18.0. The third-order valence-corrected chi connectivity index (χ3v) is 14.5. The maximum Gasteiger partial charge on any atom is 0.137 e. The van der Waals surface area contributed by atoms with Crippen LogP contribution in [0, 0.1) is 0 Å². The van der Waals surface area contributed by atoms with E-state index in [1.54, 1.807) is 0 Å². The van der Waals surface area contributed by atoms with Gasteiger partial charge in [0.2, 0.25) is 0 Å². The first kappa shape index (κ1) is 47.6. The molecule has 7 aromatic carbocycles. The Labute approximate surface area is 422 Å². The molecule has 0 unspecified atom stereocenters. The number of para-hydroxylation sites is 1. The van der Waals surface area contributed by atoms with Gasteiger partial charge in [-0.25, -0.2) is 4.98 Å². The molecule has 1 aliphatic heterocycles. The second-order valence-electron chi connectivity index (χ2n) is 23.5. The van der Waals surface area contributed by atoms with Crippen molar-refractivity contribution in [2.75, 3.05) is 16.5 Å². The Hall–Kier alpha value is -7.11. The zero-order valence-electron chi connectivity index (χ0n) is 44.1. The predicted molar refractivity (Wildman–Crippen MR) is 302 cm³/mol. The number of aromatic nitrogens is 2. The third kappa shape index (κ3) is 9.12. The van der Waals surface area contributed by atoms with Crippen molar-refractivity contribution in [3.05, 3.63) is 192 Å². The number of pyridine rings is 1. The lowest BCUT2D eigenvalue weighted by Gasteiger charge is -2.27. The summed E-state index contributed by atoms with van der Waals surface area (Å²) >= 11 is 0. The SMILES string of the molecule is CC(C)c1cccc(C(C)C)c1-c1cc(Oc2ccc3c4ccccc4n(-c4cc(C(C)(C)C)ccn4)c3c2)cc(N2CN(c3cc(-c4ccccc4)cc(C(C)(C)C)c3)c3cc(C(C)(C)C)ccc32)c1. The van der Waals surface area contributed by atoms with E-state index < -0.39 is 0 Å². The summed E-state index contributed by atoms with van der Waals surface area (Å²) in [6.07, 6.45) is 1.94. The minimum absolute atomic E-state index is 0.0274. The van der Waals surface area contributed by atoms with Gasteiger partial charge in [0.05, 0.1) is 22.4 Å². The first-order valence-electron chi connectivity index (χ1n) is 25.6. The molecule has 71 heavy (non-hydrogen) atoms. The number of fused-ring (bicyclic) bond motifs is 4. The molecule has 0 N–H and O–H groups in total. The number of anilines is 4. The lowest BCUT2D eigenvalue weighted by Crippen LogP contribution is -2.24. The summed E-state index contributed by atoms with van der Waals surface area (Å²) in [5.74, 6) is 3.09. The molecule has 0 amide bonds. The van der Waals surface area contributed by atoms with Gasteiger partial charge in [-0.15, -0.1) is 0 Å². The van der Waals surface area contributed by atoms with E-state index in [0.29, 0.717) is 18.5 Å². The molecule has 0 radical (unpaired) electrons. The Bertz CT molecular complexity index is 3420. The Morgan fingerprint density at radius 2 is 1.07 bits per heavy atom. The Morgan fingerprint density at radius 1 is 0.451 bits per heavy atom. The first-order chi connectivity index (χ1) is 33.7. The maximum atomic E-state index is 7.22. The van der Waals surface area contributed by atoms with Crippen LogP contribution in [0.4, 0.5) is 22.7 Å². The molecule has 5 heteroatoms. The molecule has 0 atom stereocenters. The molecule has 10 rings (SSSR count). The lowest BCUT2D eigenvalue weighted by atomic mass is 9.84. The van der Waals surface area contributed by atoms with Crippen molar-refractivity contribution in [1.29, 1.82) is 0 Å². The highest BCUT2D eigenvalue weighted by Crippen LogP contribution is 2.50. The molecule has 1 aliphatic rings. The number of hydrogen-bond donors (Lipinski definition) is 0. The fourth-order valence-electron chi connectivity index (χ4n) is 10.4. The molecule has 5 nitrogen and oxygen atoms in total. The average molecular weight is 935 g/mol. The second kappa shape index (κ2) is 17.9. The normalized spacial score (nSPS) is 13.3. The molecule has 0 fully saturated rings. The zero-order chi connectivity index (χ0) is 50.1. The van der Waals surface area contributed by atoms with Crippen molar-refractivity contribution < 1.29 is 4.74 Å². The average Bonchev–Trinajstić information content (AvgIpc) is 3.89. The number of hydrogen-bond acceptors (Lipinski definition) is 4. The van der Waals surface area contributed by atoms with Gasteiger partial charge in [-0.05, 0) is 145 Å². The van der Waals surface area contributed by atoms with Crippen molar-refractivity contribution in [1.82, 2.24) is 9.55 Å². The topological polar surface area (TPSA) is 33.5 Å². The van der Waals surface area contributed by atoms with Crippen LogP contribution in [0.3, 0.4) is 0 Å². The van der Waals surface area contributed by atoms with Crippen molar-refractivity contribution >= 4 is 44.6 Å². The minimum atomic E-state index is -0.0576. The summed E-state index contributed by atoms with van der Waals surface area (Å²) in [5, 5.41) is 2.34. The van der Waals surface area contributed by atoms with Crippen molar-refractivity contribution in [3.8, 4) is 39.6 Å². The van der Waals surface area contributed by atoms with E-state index in [9.17, 15) is 0 Å². The second-order valence-corrected chi connectivity index (χ2v) is 23.5. The molecule has 360 valence electrons. The largest absolute Gasteiger partial charge is 0.457 e. The van der Waals surface area contributed by atoms with Gasteiger partial charge in [0, 0.05) is 40.5 Å². The molecule has 0 saturated carbocycles. The van der Waals surface area contributed by atoms with Crippen LogP contribution < -0.4 is 14.5 Å². The molecule has 0 aliphatic carbocycles. The van der Waals surface area contributed by atoms with E-state index in [0.717, 1.165) is 45.0 Å². The monoisotopic (exact) mass is 935 g/mol. The summed E-state index contributed by atoms with van der Waals surface area (Å²) in [4.78, 5) is 9.99. The molecule has 0 saturated heterocycles. The Kier molecular flexibility index (Phi) is 12.0. The molecule has 9 aromatic rings. The molecule has 0 spiro atoms. The van der Waals surface area contributed by atoms with E-state index in [-0.39, 0.29) is 16.2 Å². The van der Waals surface area contributed by atoms with Gasteiger partial charge in [0.1, 0.15) is 24.0 Å². The zero-order valence-corrected chi connectivity index (χ0v) is 44.1. The summed E-state index contributed by atoms with van der Waals surface area (Å²) in [6.45, 7) is 30.5. The van der Waals surface area contributed by atoms with Gasteiger partial charge in [0.15, 0.2) is 0 Å². The van der Waals surface area contributed by atoms with Gasteiger partial charge >= 0.3 is 0 Å². The van der Waals surface area contributed by atoms with E-state index >= 15 is 0 Å². The van der Waals surface area contributed by atoms with E-state index in [2.05, 4.69) is 262 Å². The molecular weight excluding hydrogens is 865 g/mol. The van der Waals surface area contributed by atoms with Gasteiger partial charge in [0.25, 0.3) is 0 Å². The van der Waals surface area contributed by atoms with Crippen LogP contribution in [0.15, 0.2) is 164 Å². The van der Waals surface area contributed by atoms with Crippen molar-refractivity contribution in [2.24, 2.45) is 0 Å². The number of ether oxygens (including phenoxy) is 1. The summed E-state index contributed by atoms with van der Waals surface area (Å²) in [7, 11) is 0. The standard InChI is InChI=1S/C66H70N4O/c1-42(2)54-23-19-24-55(43(3)4)63(54)46-34-51(39-53(35-46)71-52-27-28-57-56-22-17-18-25-58(56)70(60(57)40-52)62-38-48(30-31-67-62)65(8,9)10)68-41-69(61-37-47(64(5,6)7)26-29-59(61)68)50-33-45(44-20-15-14-16-21-44)32-49(36-50)66(11,12)13/h14-40,42-43H,41H2,1-13H3. The van der Waals surface area contributed by atoms with E-state index in [4.69, 9.17) is 9.72 Å². The summed E-state index contributed by atoms with van der Waals surface area (Å²) < 4.78 is 9.52. The summed E-state index contributed by atoms with van der Waals surface area (Å²) in [6, 6.07) is 58.4. The van der Waals surface area contributed by atoms with Crippen LogP contribution in [0.2, 0.25) is 0 Å². The smallest absolute Gasteiger partial charge is 0.137 e. The highest BCUT2D eigenvalue weighted by atomic mass is 16.5. The van der Waals surface area contributed by atoms with Crippen LogP contribution in [0.5, 0.6) is 11.5 Å². The van der Waals surface area contributed by atoms with Crippen LogP contribution >= 0.6 is 0 Å². The third-order valence-electron chi connectivity index (χ3n) is 14.5. The highest BCUT2D eigenvalue weighted by Gasteiger charge is 2.32. The number of benzene rings is 7. The van der Waals surface area contributed by atoms with Crippen LogP contribution in [-0.2, 0) is 16.2 Å². The fraction of sp³-hybridized carbons (Fsp3) is 0.288. The van der Waals surface area contributed by atoms with Crippen LogP contribution in [0.25, 0.3) is 49.9 Å². The first-order valence-corrected chi connectivity index (χ1v) is 25.6. The van der Waals surface area contributed by atoms with Gasteiger partial charge in [-0.1, -0.05) is 169 Å². The van der Waals surface area contributed by atoms with Crippen LogP contribution in [0.1, 0.15) is 130 Å².